The zero-order chi connectivity index (χ0) is 21.1. The highest BCUT2D eigenvalue weighted by Crippen LogP contribution is 2.20. The fourth-order valence-electron chi connectivity index (χ4n) is 2.61. The fourth-order valence-corrected chi connectivity index (χ4v) is 2.61. The van der Waals surface area contributed by atoms with E-state index in [-0.39, 0.29) is 23.3 Å². The molecule has 0 aliphatic rings. The van der Waals surface area contributed by atoms with E-state index in [4.69, 9.17) is 4.42 Å². The molecule has 0 saturated heterocycles. The Morgan fingerprint density at radius 1 is 1.24 bits per heavy atom. The zero-order valence-corrected chi connectivity index (χ0v) is 15.1. The number of nitro benzene ring substituents is 1. The van der Waals surface area contributed by atoms with Crippen LogP contribution in [0.2, 0.25) is 0 Å². The minimum absolute atomic E-state index is 0.0197. The average Bonchev–Trinajstić information content (AvgIpc) is 2.98. The Balaban J connectivity index is 1.68. The molecule has 0 aliphatic heterocycles. The Hall–Kier alpha value is -4.02. The highest BCUT2D eigenvalue weighted by atomic mass is 19.1. The van der Waals surface area contributed by atoms with E-state index >= 15 is 0 Å². The van der Waals surface area contributed by atoms with Gasteiger partial charge < -0.3 is 14.6 Å². The van der Waals surface area contributed by atoms with Crippen LogP contribution in [-0.4, -0.2) is 39.8 Å². The van der Waals surface area contributed by atoms with Crippen LogP contribution in [0.4, 0.5) is 15.8 Å². The predicted octanol–water partition coefficient (Wildman–Crippen LogP) is 1.74. The van der Waals surface area contributed by atoms with E-state index in [0.29, 0.717) is 5.69 Å². The first kappa shape index (κ1) is 19.7. The van der Waals surface area contributed by atoms with Crippen molar-refractivity contribution in [2.45, 2.75) is 6.54 Å². The standard InChI is InChI=1S/C18H15FN4O6/c1-21(9-16(24)20-12-4-2-11(19)3-5-12)17(25)10-22-14-7-6-13(23(27)28)8-15(14)29-18(22)26/h2-8H,9-10H2,1H3,(H,20,24). The van der Waals surface area contributed by atoms with Gasteiger partial charge in [-0.25, -0.2) is 9.18 Å². The largest absolute Gasteiger partial charge is 0.420 e. The molecule has 0 unspecified atom stereocenters. The molecule has 29 heavy (non-hydrogen) atoms. The number of carbonyl (C=O) groups excluding carboxylic acids is 2. The zero-order valence-electron chi connectivity index (χ0n) is 15.1. The maximum Gasteiger partial charge on any atom is 0.420 e. The van der Waals surface area contributed by atoms with E-state index < -0.39 is 34.9 Å². The molecule has 2 aromatic carbocycles. The lowest BCUT2D eigenvalue weighted by Gasteiger charge is -2.17. The predicted molar refractivity (Wildman–Crippen MR) is 99.8 cm³/mol. The van der Waals surface area contributed by atoms with Gasteiger partial charge in [0.25, 0.3) is 5.69 Å². The third kappa shape index (κ3) is 4.46. The Morgan fingerprint density at radius 2 is 1.93 bits per heavy atom. The average molecular weight is 402 g/mol. The van der Waals surface area contributed by atoms with Gasteiger partial charge in [0.05, 0.1) is 23.1 Å². The Bertz CT molecular complexity index is 1150. The van der Waals surface area contributed by atoms with Crippen molar-refractivity contribution in [1.82, 2.24) is 9.47 Å². The number of hydrogen-bond donors (Lipinski definition) is 1. The summed E-state index contributed by atoms with van der Waals surface area (Å²) in [6.45, 7) is -0.712. The van der Waals surface area contributed by atoms with Crippen molar-refractivity contribution in [1.29, 1.82) is 0 Å². The maximum absolute atomic E-state index is 12.9. The van der Waals surface area contributed by atoms with Crippen LogP contribution in [0.1, 0.15) is 0 Å². The number of rotatable bonds is 6. The number of nitrogens with one attached hydrogen (secondary N) is 1. The molecule has 0 fully saturated rings. The van der Waals surface area contributed by atoms with Gasteiger partial charge >= 0.3 is 5.76 Å². The lowest BCUT2D eigenvalue weighted by molar-refractivity contribution is -0.384. The number of carbonyl (C=O) groups is 2. The summed E-state index contributed by atoms with van der Waals surface area (Å²) in [6, 6.07) is 8.73. The molecule has 3 rings (SSSR count). The highest BCUT2D eigenvalue weighted by molar-refractivity contribution is 5.94. The summed E-state index contributed by atoms with van der Waals surface area (Å²) in [7, 11) is 1.38. The highest BCUT2D eigenvalue weighted by Gasteiger charge is 2.19. The fraction of sp³-hybridized carbons (Fsp3) is 0.167. The molecule has 150 valence electrons. The molecule has 0 radical (unpaired) electrons. The minimum Gasteiger partial charge on any atom is -0.407 e. The van der Waals surface area contributed by atoms with Crippen LogP contribution in [0.5, 0.6) is 0 Å². The van der Waals surface area contributed by atoms with Crippen LogP contribution in [-0.2, 0) is 16.1 Å². The molecule has 0 bridgehead atoms. The molecular formula is C18H15FN4O6. The van der Waals surface area contributed by atoms with E-state index in [0.717, 1.165) is 15.5 Å². The lowest BCUT2D eigenvalue weighted by Crippen LogP contribution is -2.38. The number of nitrogens with zero attached hydrogens (tertiary/aromatic N) is 3. The van der Waals surface area contributed by atoms with E-state index in [1.54, 1.807) is 0 Å². The number of hydrogen-bond acceptors (Lipinski definition) is 6. The summed E-state index contributed by atoms with van der Waals surface area (Å²) in [6.07, 6.45) is 0. The van der Waals surface area contributed by atoms with Crippen molar-refractivity contribution in [3.8, 4) is 0 Å². The van der Waals surface area contributed by atoms with E-state index in [2.05, 4.69) is 5.32 Å². The molecule has 1 aromatic heterocycles. The van der Waals surface area contributed by atoms with Crippen LogP contribution >= 0.6 is 0 Å². The first-order valence-electron chi connectivity index (χ1n) is 8.32. The number of nitro groups is 1. The second kappa shape index (κ2) is 7.92. The molecule has 1 N–H and O–H groups in total. The number of halogens is 1. The molecule has 0 saturated carbocycles. The van der Waals surface area contributed by atoms with Crippen molar-refractivity contribution in [3.05, 3.63) is 68.9 Å². The summed E-state index contributed by atoms with van der Waals surface area (Å²) in [5.41, 5.74) is 0.321. The number of amides is 2. The molecule has 0 spiro atoms. The molecule has 3 aromatic rings. The maximum atomic E-state index is 12.9. The molecule has 2 amide bonds. The summed E-state index contributed by atoms with van der Waals surface area (Å²) < 4.78 is 18.9. The first-order valence-corrected chi connectivity index (χ1v) is 8.32. The van der Waals surface area contributed by atoms with E-state index in [1.807, 2.05) is 0 Å². The van der Waals surface area contributed by atoms with Crippen LogP contribution in [0.25, 0.3) is 11.1 Å². The smallest absolute Gasteiger partial charge is 0.407 e. The van der Waals surface area contributed by atoms with Gasteiger partial charge in [0.15, 0.2) is 5.58 Å². The van der Waals surface area contributed by atoms with Gasteiger partial charge in [-0.3, -0.25) is 24.3 Å². The Morgan fingerprint density at radius 3 is 2.59 bits per heavy atom. The van der Waals surface area contributed by atoms with Gasteiger partial charge in [0.2, 0.25) is 11.8 Å². The third-order valence-electron chi connectivity index (χ3n) is 4.09. The summed E-state index contributed by atoms with van der Waals surface area (Å²) in [5, 5.41) is 13.3. The van der Waals surface area contributed by atoms with Crippen molar-refractivity contribution in [2.75, 3.05) is 18.9 Å². The number of likely N-dealkylation sites (N-methyl/N-ethyl adjacent to an activating group) is 1. The number of oxazole rings is 1. The summed E-state index contributed by atoms with van der Waals surface area (Å²) in [5.74, 6) is -2.36. The van der Waals surface area contributed by atoms with Crippen LogP contribution in [0.15, 0.2) is 51.7 Å². The molecule has 0 atom stereocenters. The number of non-ortho nitro benzene ring substituents is 1. The number of benzene rings is 2. The summed E-state index contributed by atoms with van der Waals surface area (Å²) >= 11 is 0. The number of fused-ring (bicyclic) bond motifs is 1. The van der Waals surface area contributed by atoms with E-state index in [1.165, 1.54) is 43.4 Å². The number of anilines is 1. The van der Waals surface area contributed by atoms with Gasteiger partial charge in [-0.05, 0) is 30.3 Å². The molecule has 1 heterocycles. The lowest BCUT2D eigenvalue weighted by atomic mass is 10.3. The molecule has 11 heteroatoms. The SMILES string of the molecule is CN(CC(=O)Nc1ccc(F)cc1)C(=O)Cn1c(=O)oc2cc([N+](=O)[O-])ccc21. The second-order valence-electron chi connectivity index (χ2n) is 6.17. The van der Waals surface area contributed by atoms with Crippen LogP contribution in [0.3, 0.4) is 0 Å². The van der Waals surface area contributed by atoms with Gasteiger partial charge in [0, 0.05) is 18.8 Å². The van der Waals surface area contributed by atoms with Gasteiger partial charge in [-0.1, -0.05) is 0 Å². The van der Waals surface area contributed by atoms with Crippen molar-refractivity contribution < 1.29 is 23.3 Å². The number of aromatic nitrogens is 1. The summed E-state index contributed by atoms with van der Waals surface area (Å²) in [4.78, 5) is 47.8. The Labute approximate surface area is 162 Å². The quantitative estimate of drug-likeness (QED) is 0.494. The van der Waals surface area contributed by atoms with Gasteiger partial charge in [-0.2, -0.15) is 0 Å². The molecule has 10 nitrogen and oxygen atoms in total. The van der Waals surface area contributed by atoms with Crippen molar-refractivity contribution in [3.63, 3.8) is 0 Å². The first-order chi connectivity index (χ1) is 13.7. The van der Waals surface area contributed by atoms with Crippen molar-refractivity contribution >= 4 is 34.3 Å². The monoisotopic (exact) mass is 402 g/mol. The molecule has 0 aliphatic carbocycles. The second-order valence-corrected chi connectivity index (χ2v) is 6.17. The Kier molecular flexibility index (Phi) is 5.39. The topological polar surface area (TPSA) is 128 Å². The van der Waals surface area contributed by atoms with Gasteiger partial charge in [0.1, 0.15) is 12.4 Å². The minimum atomic E-state index is -0.849. The van der Waals surface area contributed by atoms with Crippen molar-refractivity contribution in [2.24, 2.45) is 0 Å². The van der Waals surface area contributed by atoms with Crippen LogP contribution in [0, 0.1) is 15.9 Å². The van der Waals surface area contributed by atoms with Crippen LogP contribution < -0.4 is 11.1 Å². The van der Waals surface area contributed by atoms with E-state index in [9.17, 15) is 28.9 Å². The van der Waals surface area contributed by atoms with Gasteiger partial charge in [-0.15, -0.1) is 0 Å². The molecular weight excluding hydrogens is 387 g/mol. The third-order valence-corrected chi connectivity index (χ3v) is 4.09. The normalized spacial score (nSPS) is 10.7.